The number of benzene rings is 2. The highest BCUT2D eigenvalue weighted by molar-refractivity contribution is 7.22. The summed E-state index contributed by atoms with van der Waals surface area (Å²) in [7, 11) is 3.79. The molecule has 1 aromatic heterocycles. The first kappa shape index (κ1) is 21.3. The molecule has 0 bridgehead atoms. The van der Waals surface area contributed by atoms with Gasteiger partial charge in [-0.1, -0.05) is 17.4 Å². The lowest BCUT2D eigenvalue weighted by molar-refractivity contribution is -0.137. The summed E-state index contributed by atoms with van der Waals surface area (Å²) in [6.45, 7) is 4.97. The van der Waals surface area contributed by atoms with Gasteiger partial charge in [-0.25, -0.2) is 4.98 Å². The first-order valence-electron chi connectivity index (χ1n) is 9.08. The Morgan fingerprint density at radius 1 is 1.03 bits per heavy atom. The van der Waals surface area contributed by atoms with Crippen LogP contribution in [0, 0.1) is 13.8 Å². The first-order chi connectivity index (χ1) is 13.6. The quantitative estimate of drug-likeness (QED) is 0.572. The number of aryl methyl sites for hydroxylation is 2. The molecule has 29 heavy (non-hydrogen) atoms. The summed E-state index contributed by atoms with van der Waals surface area (Å²) in [5.41, 5.74) is 2.44. The summed E-state index contributed by atoms with van der Waals surface area (Å²) in [4.78, 5) is 21.3. The molecule has 0 aliphatic carbocycles. The number of amides is 1. The first-order valence-corrected chi connectivity index (χ1v) is 9.90. The molecular formula is C21H22F3N3OS. The standard InChI is InChI=1S/C21H22F3N3OS/c1-13-5-10-17-18(14(13)2)25-20(29-17)27(12-11-26(3)4)19(28)15-6-8-16(9-7-15)21(22,23)24/h5-10H,11-12H2,1-4H3. The largest absolute Gasteiger partial charge is 0.416 e. The van der Waals surface area contributed by atoms with Crippen LogP contribution >= 0.6 is 11.3 Å². The molecule has 0 N–H and O–H groups in total. The van der Waals surface area contributed by atoms with Crippen LogP contribution in [-0.4, -0.2) is 43.0 Å². The molecule has 0 aliphatic heterocycles. The highest BCUT2D eigenvalue weighted by atomic mass is 32.1. The molecule has 8 heteroatoms. The predicted octanol–water partition coefficient (Wildman–Crippen LogP) is 5.14. The third-order valence-electron chi connectivity index (χ3n) is 4.78. The normalized spacial score (nSPS) is 12.0. The van der Waals surface area contributed by atoms with E-state index in [4.69, 9.17) is 0 Å². The monoisotopic (exact) mass is 421 g/mol. The molecule has 1 amide bonds. The number of fused-ring (bicyclic) bond motifs is 1. The van der Waals surface area contributed by atoms with E-state index in [0.717, 1.165) is 33.5 Å². The number of anilines is 1. The van der Waals surface area contributed by atoms with Crippen molar-refractivity contribution in [2.75, 3.05) is 32.1 Å². The van der Waals surface area contributed by atoms with Gasteiger partial charge >= 0.3 is 6.18 Å². The molecule has 1 heterocycles. The van der Waals surface area contributed by atoms with Crippen LogP contribution in [0.15, 0.2) is 36.4 Å². The Labute approximate surface area is 171 Å². The number of aromatic nitrogens is 1. The van der Waals surface area contributed by atoms with Gasteiger partial charge in [-0.15, -0.1) is 0 Å². The van der Waals surface area contributed by atoms with E-state index in [1.165, 1.54) is 23.5 Å². The number of hydrogen-bond acceptors (Lipinski definition) is 4. The Morgan fingerprint density at radius 2 is 1.69 bits per heavy atom. The summed E-state index contributed by atoms with van der Waals surface area (Å²) < 4.78 is 39.5. The van der Waals surface area contributed by atoms with Crippen LogP contribution < -0.4 is 4.90 Å². The Hall–Kier alpha value is -2.45. The fourth-order valence-corrected chi connectivity index (χ4v) is 3.92. The minimum Gasteiger partial charge on any atom is -0.308 e. The molecule has 0 aliphatic rings. The number of thiazole rings is 1. The van der Waals surface area contributed by atoms with Gasteiger partial charge in [-0.2, -0.15) is 13.2 Å². The number of alkyl halides is 3. The number of nitrogens with zero attached hydrogens (tertiary/aromatic N) is 3. The summed E-state index contributed by atoms with van der Waals surface area (Å²) in [5.74, 6) is -0.367. The zero-order valence-corrected chi connectivity index (χ0v) is 17.5. The van der Waals surface area contributed by atoms with Crippen molar-refractivity contribution in [2.45, 2.75) is 20.0 Å². The van der Waals surface area contributed by atoms with E-state index in [1.807, 2.05) is 45.0 Å². The number of hydrogen-bond donors (Lipinski definition) is 0. The molecule has 0 radical (unpaired) electrons. The predicted molar refractivity (Wildman–Crippen MR) is 111 cm³/mol. The Kier molecular flexibility index (Phi) is 5.95. The van der Waals surface area contributed by atoms with E-state index < -0.39 is 11.7 Å². The molecular weight excluding hydrogens is 399 g/mol. The SMILES string of the molecule is Cc1ccc2sc(N(CCN(C)C)C(=O)c3ccc(C(F)(F)F)cc3)nc2c1C. The summed E-state index contributed by atoms with van der Waals surface area (Å²) >= 11 is 1.41. The third-order valence-corrected chi connectivity index (χ3v) is 5.82. The van der Waals surface area contributed by atoms with Gasteiger partial charge in [-0.05, 0) is 69.4 Å². The second kappa shape index (κ2) is 8.12. The Morgan fingerprint density at radius 3 is 2.28 bits per heavy atom. The van der Waals surface area contributed by atoms with Crippen molar-refractivity contribution >= 4 is 32.6 Å². The minimum absolute atomic E-state index is 0.198. The van der Waals surface area contributed by atoms with Gasteiger partial charge in [0.2, 0.25) is 0 Å². The zero-order chi connectivity index (χ0) is 21.3. The average molecular weight is 421 g/mol. The maximum Gasteiger partial charge on any atom is 0.416 e. The molecule has 4 nitrogen and oxygen atoms in total. The number of rotatable bonds is 5. The molecule has 0 unspecified atom stereocenters. The zero-order valence-electron chi connectivity index (χ0n) is 16.7. The summed E-state index contributed by atoms with van der Waals surface area (Å²) in [6.07, 6.45) is -4.44. The van der Waals surface area contributed by atoms with Crippen molar-refractivity contribution in [1.29, 1.82) is 0 Å². The maximum atomic E-state index is 13.1. The lowest BCUT2D eigenvalue weighted by Gasteiger charge is -2.22. The Bertz CT molecular complexity index is 1030. The molecule has 0 fully saturated rings. The topological polar surface area (TPSA) is 36.4 Å². The van der Waals surface area contributed by atoms with Gasteiger partial charge in [0.25, 0.3) is 5.91 Å². The van der Waals surface area contributed by atoms with Crippen LogP contribution in [0.5, 0.6) is 0 Å². The second-order valence-electron chi connectivity index (χ2n) is 7.19. The maximum absolute atomic E-state index is 13.1. The van der Waals surface area contributed by atoms with Crippen molar-refractivity contribution < 1.29 is 18.0 Å². The van der Waals surface area contributed by atoms with Crippen molar-refractivity contribution in [3.8, 4) is 0 Å². The van der Waals surface area contributed by atoms with Gasteiger partial charge < -0.3 is 4.90 Å². The van der Waals surface area contributed by atoms with Gasteiger partial charge in [0.15, 0.2) is 5.13 Å². The van der Waals surface area contributed by atoms with Crippen LogP contribution in [0.1, 0.15) is 27.0 Å². The number of halogens is 3. The molecule has 0 spiro atoms. The molecule has 0 saturated heterocycles. The van der Waals surface area contributed by atoms with Crippen LogP contribution in [0.3, 0.4) is 0 Å². The minimum atomic E-state index is -4.44. The van der Waals surface area contributed by atoms with Gasteiger partial charge in [0.05, 0.1) is 15.8 Å². The van der Waals surface area contributed by atoms with Crippen LogP contribution in [0.4, 0.5) is 18.3 Å². The van der Waals surface area contributed by atoms with Crippen LogP contribution in [-0.2, 0) is 6.18 Å². The summed E-state index contributed by atoms with van der Waals surface area (Å²) in [5, 5.41) is 0.542. The van der Waals surface area contributed by atoms with Crippen LogP contribution in [0.2, 0.25) is 0 Å². The van der Waals surface area contributed by atoms with E-state index in [9.17, 15) is 18.0 Å². The lowest BCUT2D eigenvalue weighted by atomic mass is 10.1. The van der Waals surface area contributed by atoms with Crippen LogP contribution in [0.25, 0.3) is 10.2 Å². The Balaban J connectivity index is 1.99. The second-order valence-corrected chi connectivity index (χ2v) is 8.19. The van der Waals surface area contributed by atoms with E-state index in [0.29, 0.717) is 18.2 Å². The fourth-order valence-electron chi connectivity index (χ4n) is 2.87. The van der Waals surface area contributed by atoms with Gasteiger partial charge in [0, 0.05) is 18.7 Å². The molecule has 3 rings (SSSR count). The van der Waals surface area contributed by atoms with E-state index >= 15 is 0 Å². The highest BCUT2D eigenvalue weighted by Crippen LogP contribution is 2.33. The smallest absolute Gasteiger partial charge is 0.308 e. The molecule has 3 aromatic rings. The van der Waals surface area contributed by atoms with E-state index in [2.05, 4.69) is 4.98 Å². The molecule has 0 atom stereocenters. The number of likely N-dealkylation sites (N-methyl/N-ethyl adjacent to an activating group) is 1. The van der Waals surface area contributed by atoms with Crippen molar-refractivity contribution in [1.82, 2.24) is 9.88 Å². The van der Waals surface area contributed by atoms with E-state index in [1.54, 1.807) is 4.90 Å². The van der Waals surface area contributed by atoms with Gasteiger partial charge in [-0.3, -0.25) is 9.69 Å². The van der Waals surface area contributed by atoms with E-state index in [-0.39, 0.29) is 11.5 Å². The number of carbonyl (C=O) groups is 1. The van der Waals surface area contributed by atoms with Crippen molar-refractivity contribution in [3.05, 3.63) is 58.7 Å². The lowest BCUT2D eigenvalue weighted by Crippen LogP contribution is -2.36. The van der Waals surface area contributed by atoms with Crippen molar-refractivity contribution in [2.24, 2.45) is 0 Å². The number of carbonyl (C=O) groups excluding carboxylic acids is 1. The van der Waals surface area contributed by atoms with Gasteiger partial charge in [0.1, 0.15) is 0 Å². The fraction of sp³-hybridized carbons (Fsp3) is 0.333. The highest BCUT2D eigenvalue weighted by Gasteiger charge is 2.31. The average Bonchev–Trinajstić information content (AvgIpc) is 3.08. The molecule has 0 saturated carbocycles. The van der Waals surface area contributed by atoms with Crippen molar-refractivity contribution in [3.63, 3.8) is 0 Å². The summed E-state index contributed by atoms with van der Waals surface area (Å²) in [6, 6.07) is 8.30. The molecule has 154 valence electrons. The molecule has 2 aromatic carbocycles. The third kappa shape index (κ3) is 4.59.